The van der Waals surface area contributed by atoms with Crippen LogP contribution >= 0.6 is 0 Å². The van der Waals surface area contributed by atoms with Crippen LogP contribution in [-0.4, -0.2) is 89.4 Å². The number of nitrogens with one attached hydrogen (secondary N) is 1. The molecule has 2 rings (SSSR count). The molecule has 0 unspecified atom stereocenters. The molecule has 1 amide bonds. The van der Waals surface area contributed by atoms with Crippen molar-refractivity contribution < 1.29 is 13.2 Å². The summed E-state index contributed by atoms with van der Waals surface area (Å²) in [4.78, 5) is 18.7. The summed E-state index contributed by atoms with van der Waals surface area (Å²) in [6, 6.07) is 6.29. The number of carbonyl (C=O) groups excluding carboxylic acids is 1. The molecular weight excluding hydrogens is 340 g/mol. The number of hydrogen-bond acceptors (Lipinski definition) is 5. The van der Waals surface area contributed by atoms with E-state index < -0.39 is 10.0 Å². The molecule has 140 valence electrons. The first-order valence-corrected chi connectivity index (χ1v) is 10.0. The van der Waals surface area contributed by atoms with Gasteiger partial charge in [-0.15, -0.1) is 0 Å². The lowest BCUT2D eigenvalue weighted by molar-refractivity contribution is 0.0664. The van der Waals surface area contributed by atoms with Crippen molar-refractivity contribution in [2.24, 2.45) is 0 Å². The third-order valence-corrected chi connectivity index (χ3v) is 5.71. The first kappa shape index (κ1) is 19.8. The largest absolute Gasteiger partial charge is 0.336 e. The van der Waals surface area contributed by atoms with Gasteiger partial charge >= 0.3 is 0 Å². The van der Waals surface area contributed by atoms with Crippen LogP contribution in [0.4, 0.5) is 0 Å². The van der Waals surface area contributed by atoms with E-state index in [1.54, 1.807) is 17.0 Å². The lowest BCUT2D eigenvalue weighted by atomic mass is 10.2. The highest BCUT2D eigenvalue weighted by molar-refractivity contribution is 7.89. The molecule has 0 spiro atoms. The molecule has 8 heteroatoms. The molecule has 1 N–H and O–H groups in total. The third kappa shape index (κ3) is 5.78. The van der Waals surface area contributed by atoms with E-state index in [1.165, 1.54) is 12.1 Å². The molecule has 0 aliphatic carbocycles. The fourth-order valence-electron chi connectivity index (χ4n) is 2.67. The van der Waals surface area contributed by atoms with Crippen molar-refractivity contribution in [3.63, 3.8) is 0 Å². The quantitative estimate of drug-likeness (QED) is 0.701. The van der Waals surface area contributed by atoms with Gasteiger partial charge in [-0.2, -0.15) is 0 Å². The minimum absolute atomic E-state index is 0.113. The van der Waals surface area contributed by atoms with Gasteiger partial charge in [-0.05, 0) is 52.3 Å². The SMILES string of the molecule is CN(C)CCCNS(=O)(=O)c1cccc(C(=O)N2CCN(C)CC2)c1. The van der Waals surface area contributed by atoms with Gasteiger partial charge in [-0.25, -0.2) is 13.1 Å². The van der Waals surface area contributed by atoms with E-state index in [2.05, 4.69) is 9.62 Å². The van der Waals surface area contributed by atoms with E-state index in [0.717, 1.165) is 26.1 Å². The Bertz CT molecular complexity index is 683. The van der Waals surface area contributed by atoms with Crippen molar-refractivity contribution >= 4 is 15.9 Å². The number of nitrogens with zero attached hydrogens (tertiary/aromatic N) is 3. The number of carbonyl (C=O) groups is 1. The van der Waals surface area contributed by atoms with Gasteiger partial charge in [0.15, 0.2) is 0 Å². The number of benzene rings is 1. The standard InChI is InChI=1S/C17H28N4O3S/c1-19(2)9-5-8-18-25(23,24)16-7-4-6-15(14-16)17(22)21-12-10-20(3)11-13-21/h4,6-7,14,18H,5,8-13H2,1-3H3. The predicted molar refractivity (Wildman–Crippen MR) is 98.2 cm³/mol. The first-order valence-electron chi connectivity index (χ1n) is 8.52. The molecule has 1 aliphatic heterocycles. The van der Waals surface area contributed by atoms with Gasteiger partial charge in [-0.1, -0.05) is 6.07 Å². The van der Waals surface area contributed by atoms with Gasteiger partial charge in [0.25, 0.3) is 5.91 Å². The average molecular weight is 369 g/mol. The van der Waals surface area contributed by atoms with Crippen molar-refractivity contribution in [3.05, 3.63) is 29.8 Å². The summed E-state index contributed by atoms with van der Waals surface area (Å²) in [7, 11) is 2.32. The molecule has 0 saturated carbocycles. The van der Waals surface area contributed by atoms with E-state index in [1.807, 2.05) is 26.0 Å². The molecule has 1 heterocycles. The van der Waals surface area contributed by atoms with Gasteiger partial charge < -0.3 is 14.7 Å². The van der Waals surface area contributed by atoms with Crippen LogP contribution in [-0.2, 0) is 10.0 Å². The maximum Gasteiger partial charge on any atom is 0.253 e. The van der Waals surface area contributed by atoms with Crippen LogP contribution < -0.4 is 4.72 Å². The summed E-state index contributed by atoms with van der Waals surface area (Å²) in [5.41, 5.74) is 0.417. The molecule has 1 aliphatic rings. The number of amides is 1. The zero-order valence-electron chi connectivity index (χ0n) is 15.2. The second-order valence-electron chi connectivity index (χ2n) is 6.68. The molecule has 0 bridgehead atoms. The van der Waals surface area contributed by atoms with Gasteiger partial charge in [-0.3, -0.25) is 4.79 Å². The zero-order valence-corrected chi connectivity index (χ0v) is 16.1. The number of sulfonamides is 1. The highest BCUT2D eigenvalue weighted by Gasteiger charge is 2.22. The molecule has 1 fully saturated rings. The van der Waals surface area contributed by atoms with Gasteiger partial charge in [0.1, 0.15) is 0 Å². The lowest BCUT2D eigenvalue weighted by Crippen LogP contribution is -2.47. The molecule has 25 heavy (non-hydrogen) atoms. The Balaban J connectivity index is 2.03. The minimum Gasteiger partial charge on any atom is -0.336 e. The maximum atomic E-state index is 12.6. The second-order valence-corrected chi connectivity index (χ2v) is 8.44. The van der Waals surface area contributed by atoms with E-state index in [-0.39, 0.29) is 10.8 Å². The fraction of sp³-hybridized carbons (Fsp3) is 0.588. The van der Waals surface area contributed by atoms with Gasteiger partial charge in [0.2, 0.25) is 10.0 Å². The third-order valence-electron chi connectivity index (χ3n) is 4.26. The van der Waals surface area contributed by atoms with E-state index >= 15 is 0 Å². The van der Waals surface area contributed by atoms with Crippen LogP contribution in [0, 0.1) is 0 Å². The number of rotatable bonds is 7. The van der Waals surface area contributed by atoms with Gasteiger partial charge in [0, 0.05) is 38.3 Å². The van der Waals surface area contributed by atoms with Gasteiger partial charge in [0.05, 0.1) is 4.90 Å². The molecule has 1 aromatic carbocycles. The monoisotopic (exact) mass is 368 g/mol. The lowest BCUT2D eigenvalue weighted by Gasteiger charge is -2.32. The first-order chi connectivity index (χ1) is 11.8. The van der Waals surface area contributed by atoms with E-state index in [4.69, 9.17) is 0 Å². The number of hydrogen-bond donors (Lipinski definition) is 1. The molecule has 1 aromatic rings. The average Bonchev–Trinajstić information content (AvgIpc) is 2.59. The minimum atomic E-state index is -3.60. The Kier molecular flexibility index (Phi) is 6.95. The van der Waals surface area contributed by atoms with Crippen molar-refractivity contribution in [2.45, 2.75) is 11.3 Å². The summed E-state index contributed by atoms with van der Waals surface area (Å²) in [6.45, 7) is 4.17. The maximum absolute atomic E-state index is 12.6. The van der Waals surface area contributed by atoms with E-state index in [0.29, 0.717) is 25.2 Å². The van der Waals surface area contributed by atoms with Crippen LogP contribution in [0.15, 0.2) is 29.2 Å². The fourth-order valence-corrected chi connectivity index (χ4v) is 3.79. The Labute approximate surface area is 150 Å². The smallest absolute Gasteiger partial charge is 0.253 e. The zero-order chi connectivity index (χ0) is 18.4. The van der Waals surface area contributed by atoms with Crippen LogP contribution in [0.5, 0.6) is 0 Å². The van der Waals surface area contributed by atoms with Crippen LogP contribution in [0.1, 0.15) is 16.8 Å². The molecule has 1 saturated heterocycles. The second kappa shape index (κ2) is 8.75. The summed E-state index contributed by atoms with van der Waals surface area (Å²) in [5.74, 6) is -0.113. The summed E-state index contributed by atoms with van der Waals surface area (Å²) in [5, 5.41) is 0. The Hall–Kier alpha value is -1.48. The molecule has 0 atom stereocenters. The summed E-state index contributed by atoms with van der Waals surface area (Å²) in [6.07, 6.45) is 0.728. The Morgan fingerprint density at radius 3 is 2.52 bits per heavy atom. The molecular formula is C17H28N4O3S. The topological polar surface area (TPSA) is 73.0 Å². The van der Waals surface area contributed by atoms with E-state index in [9.17, 15) is 13.2 Å². The van der Waals surface area contributed by atoms with Crippen molar-refractivity contribution in [1.82, 2.24) is 19.4 Å². The number of likely N-dealkylation sites (N-methyl/N-ethyl adjacent to an activating group) is 1. The Morgan fingerprint density at radius 1 is 1.20 bits per heavy atom. The summed E-state index contributed by atoms with van der Waals surface area (Å²) < 4.78 is 27.4. The van der Waals surface area contributed by atoms with Crippen LogP contribution in [0.3, 0.4) is 0 Å². The van der Waals surface area contributed by atoms with Crippen LogP contribution in [0.2, 0.25) is 0 Å². The van der Waals surface area contributed by atoms with Crippen molar-refractivity contribution in [3.8, 4) is 0 Å². The van der Waals surface area contributed by atoms with Crippen molar-refractivity contribution in [1.29, 1.82) is 0 Å². The normalized spacial score (nSPS) is 16.4. The highest BCUT2D eigenvalue weighted by Crippen LogP contribution is 2.14. The molecule has 0 radical (unpaired) electrons. The number of piperazine rings is 1. The predicted octanol–water partition coefficient (Wildman–Crippen LogP) is 0.304. The van der Waals surface area contributed by atoms with Crippen LogP contribution in [0.25, 0.3) is 0 Å². The Morgan fingerprint density at radius 2 is 1.88 bits per heavy atom. The highest BCUT2D eigenvalue weighted by atomic mass is 32.2. The molecule has 0 aromatic heterocycles. The van der Waals surface area contributed by atoms with Crippen molar-refractivity contribution in [2.75, 3.05) is 60.4 Å². The summed E-state index contributed by atoms with van der Waals surface area (Å²) >= 11 is 0. The molecule has 7 nitrogen and oxygen atoms in total.